The predicted octanol–water partition coefficient (Wildman–Crippen LogP) is -7.02. The van der Waals surface area contributed by atoms with Crippen LogP contribution in [0.25, 0.3) is 0 Å². The summed E-state index contributed by atoms with van der Waals surface area (Å²) in [5.74, 6) is -9.53. The molecule has 26 nitrogen and oxygen atoms in total. The van der Waals surface area contributed by atoms with Crippen LogP contribution in [0.15, 0.2) is 30.3 Å². The third-order valence-corrected chi connectivity index (χ3v) is 10.9. The second-order valence-corrected chi connectivity index (χ2v) is 17.4. The third kappa shape index (κ3) is 20.0. The van der Waals surface area contributed by atoms with E-state index in [-0.39, 0.29) is 57.7 Å². The van der Waals surface area contributed by atoms with Crippen molar-refractivity contribution in [2.24, 2.45) is 23.1 Å². The summed E-state index contributed by atoms with van der Waals surface area (Å²) >= 11 is 0. The van der Waals surface area contributed by atoms with Crippen molar-refractivity contribution in [1.29, 1.82) is 0 Å². The number of carbonyl (C=O) groups excluding carboxylic acids is 10. The van der Waals surface area contributed by atoms with Crippen LogP contribution in [0.4, 0.5) is 0 Å². The maximum absolute atomic E-state index is 14.2. The summed E-state index contributed by atoms with van der Waals surface area (Å²) in [5, 5.41) is 55.4. The van der Waals surface area contributed by atoms with Gasteiger partial charge in [0.15, 0.2) is 0 Å². The van der Waals surface area contributed by atoms with Gasteiger partial charge >= 0.3 is 0 Å². The number of aliphatic hydroxyl groups is 3. The molecule has 11 atom stereocenters. The van der Waals surface area contributed by atoms with Crippen molar-refractivity contribution < 1.29 is 63.3 Å². The SMILES string of the molecule is CC(=O)N[C@H](C(=O)N[C@H](CO)C(=O)N[C@H]1CCNC(=O)C([C@@H](C)O)NC(=O)[C@H](CCN)NC(=O)[C@H](CCN)NC(=O)[C@H](CC(C)C)NC(=O)[C@@H](Cc2ccccc2)NC(=O)C(CCN)NC1=O)[C@@H](C)O. The van der Waals surface area contributed by atoms with Crippen LogP contribution in [0, 0.1) is 5.92 Å². The maximum atomic E-state index is 14.2. The van der Waals surface area contributed by atoms with Gasteiger partial charge in [-0.3, -0.25) is 47.9 Å². The number of aliphatic hydroxyl groups excluding tert-OH is 3. The quantitative estimate of drug-likeness (QED) is 0.0650. The Hall–Kier alpha value is -6.32. The van der Waals surface area contributed by atoms with E-state index in [2.05, 4.69) is 53.2 Å². The topological polar surface area (TPSA) is 430 Å². The van der Waals surface area contributed by atoms with Gasteiger partial charge in [-0.1, -0.05) is 44.2 Å². The molecule has 2 unspecified atom stereocenters. The van der Waals surface area contributed by atoms with Crippen molar-refractivity contribution in [2.75, 3.05) is 32.8 Å². The van der Waals surface area contributed by atoms with E-state index in [0.29, 0.717) is 5.56 Å². The average Bonchev–Trinajstić information content (AvgIpc) is 3.29. The van der Waals surface area contributed by atoms with E-state index in [0.717, 1.165) is 6.92 Å². The van der Waals surface area contributed by atoms with Crippen molar-refractivity contribution in [3.8, 4) is 0 Å². The highest BCUT2D eigenvalue weighted by molar-refractivity contribution is 5.98. The Morgan fingerprint density at radius 1 is 0.643 bits per heavy atom. The van der Waals surface area contributed by atoms with E-state index in [1.165, 1.54) is 13.8 Å². The number of nitrogens with two attached hydrogens (primary N) is 3. The Bertz CT molecular complexity index is 1940. The lowest BCUT2D eigenvalue weighted by Crippen LogP contribution is -2.61. The highest BCUT2D eigenvalue weighted by Crippen LogP contribution is 2.11. The molecule has 1 saturated heterocycles. The molecule has 70 heavy (non-hydrogen) atoms. The van der Waals surface area contributed by atoms with Crippen molar-refractivity contribution in [2.45, 2.75) is 140 Å². The molecular formula is C44H73N13O13. The minimum Gasteiger partial charge on any atom is -0.394 e. The first-order valence-electron chi connectivity index (χ1n) is 23.2. The molecule has 0 aromatic heterocycles. The van der Waals surface area contributed by atoms with Gasteiger partial charge in [0, 0.05) is 19.9 Å². The Balaban J connectivity index is 2.73. The number of nitrogens with one attached hydrogen (secondary N) is 10. The third-order valence-electron chi connectivity index (χ3n) is 10.9. The summed E-state index contributed by atoms with van der Waals surface area (Å²) in [6, 6.07) is -5.08. The summed E-state index contributed by atoms with van der Waals surface area (Å²) in [5.41, 5.74) is 18.1. The second kappa shape index (κ2) is 30.3. The number of amides is 10. The molecule has 0 bridgehead atoms. The lowest BCUT2D eigenvalue weighted by Gasteiger charge is -2.28. The Morgan fingerprint density at radius 2 is 1.11 bits per heavy atom. The number of hydrogen-bond donors (Lipinski definition) is 16. The molecule has 1 aliphatic rings. The van der Waals surface area contributed by atoms with Crippen molar-refractivity contribution in [1.82, 2.24) is 53.2 Å². The summed E-state index contributed by atoms with van der Waals surface area (Å²) in [4.78, 5) is 136. The monoisotopic (exact) mass is 992 g/mol. The first-order valence-corrected chi connectivity index (χ1v) is 23.2. The van der Waals surface area contributed by atoms with Gasteiger partial charge < -0.3 is 85.7 Å². The highest BCUT2D eigenvalue weighted by atomic mass is 16.3. The van der Waals surface area contributed by atoms with E-state index >= 15 is 0 Å². The Morgan fingerprint density at radius 3 is 1.59 bits per heavy atom. The number of carbonyl (C=O) groups is 10. The van der Waals surface area contributed by atoms with Gasteiger partial charge in [0.25, 0.3) is 0 Å². The predicted molar refractivity (Wildman–Crippen MR) is 252 cm³/mol. The van der Waals surface area contributed by atoms with Gasteiger partial charge in [-0.05, 0) is 77.1 Å². The molecule has 10 amide bonds. The molecule has 392 valence electrons. The van der Waals surface area contributed by atoms with Gasteiger partial charge in [0.1, 0.15) is 54.4 Å². The molecular weight excluding hydrogens is 919 g/mol. The van der Waals surface area contributed by atoms with Gasteiger partial charge in [0.05, 0.1) is 18.8 Å². The molecule has 1 heterocycles. The van der Waals surface area contributed by atoms with Gasteiger partial charge in [-0.15, -0.1) is 0 Å². The number of benzene rings is 1. The second-order valence-electron chi connectivity index (χ2n) is 17.4. The van der Waals surface area contributed by atoms with Crippen LogP contribution in [0.2, 0.25) is 0 Å². The zero-order valence-corrected chi connectivity index (χ0v) is 40.2. The molecule has 2 rings (SSSR count). The van der Waals surface area contributed by atoms with Crippen LogP contribution in [0.3, 0.4) is 0 Å². The van der Waals surface area contributed by atoms with Crippen LogP contribution >= 0.6 is 0 Å². The fourth-order valence-corrected chi connectivity index (χ4v) is 7.16. The molecule has 0 saturated carbocycles. The van der Waals surface area contributed by atoms with E-state index in [9.17, 15) is 63.3 Å². The zero-order valence-electron chi connectivity index (χ0n) is 40.2. The minimum atomic E-state index is -1.78. The highest BCUT2D eigenvalue weighted by Gasteiger charge is 2.36. The molecule has 1 aromatic rings. The zero-order chi connectivity index (χ0) is 52.7. The standard InChI is InChI=1S/C44H73N13O13/c1-22(2)19-31-40(66)52-27(11-15-45)36(62)51-29(13-17-47)39(65)57-34(23(3)59)43(69)48-18-14-30(53-42(68)33(21-58)56-44(70)35(24(4)60)49-25(5)61)38(64)50-28(12-16-46)37(63)55-32(41(67)54-31)20-26-9-7-6-8-10-26/h6-10,22-24,27-35,58-60H,11-21,45-47H2,1-5H3,(H,48,69)(H,49,61)(H,50,64)(H,51,62)(H,52,66)(H,53,68)(H,54,67)(H,55,63)(H,56,70)(H,57,65)/t23-,24-,27+,28?,29+,30+,31+,32-,33-,34?,35+/m1/s1. The van der Waals surface area contributed by atoms with Crippen LogP contribution < -0.4 is 70.4 Å². The Labute approximate surface area is 406 Å². The molecule has 1 aromatic carbocycles. The van der Waals surface area contributed by atoms with Crippen LogP contribution in [0.5, 0.6) is 0 Å². The van der Waals surface area contributed by atoms with E-state index in [1.807, 2.05) is 0 Å². The lowest BCUT2D eigenvalue weighted by molar-refractivity contribution is -0.136. The summed E-state index contributed by atoms with van der Waals surface area (Å²) in [6.45, 7) is 5.08. The van der Waals surface area contributed by atoms with Crippen LogP contribution in [0.1, 0.15) is 72.3 Å². The molecule has 26 heteroatoms. The molecule has 1 fully saturated rings. The van der Waals surface area contributed by atoms with Crippen molar-refractivity contribution in [3.63, 3.8) is 0 Å². The molecule has 1 aliphatic heterocycles. The van der Waals surface area contributed by atoms with Crippen LogP contribution in [-0.4, -0.2) is 174 Å². The van der Waals surface area contributed by atoms with E-state index < -0.39 is 145 Å². The maximum Gasteiger partial charge on any atom is 0.245 e. The Kier molecular flexibility index (Phi) is 25.9. The van der Waals surface area contributed by atoms with Gasteiger partial charge in [0.2, 0.25) is 59.1 Å². The molecule has 0 spiro atoms. The average molecular weight is 992 g/mol. The number of hydrogen-bond acceptors (Lipinski definition) is 16. The summed E-state index contributed by atoms with van der Waals surface area (Å²) in [7, 11) is 0. The van der Waals surface area contributed by atoms with E-state index in [4.69, 9.17) is 17.2 Å². The number of rotatable bonds is 18. The van der Waals surface area contributed by atoms with Crippen molar-refractivity contribution in [3.05, 3.63) is 35.9 Å². The summed E-state index contributed by atoms with van der Waals surface area (Å²) in [6.07, 6.45) is -4.04. The largest absolute Gasteiger partial charge is 0.394 e. The molecule has 0 aliphatic carbocycles. The minimum absolute atomic E-state index is 0.0533. The molecule has 0 radical (unpaired) electrons. The van der Waals surface area contributed by atoms with E-state index in [1.54, 1.807) is 44.2 Å². The summed E-state index contributed by atoms with van der Waals surface area (Å²) < 4.78 is 0. The molecule has 19 N–H and O–H groups in total. The van der Waals surface area contributed by atoms with Crippen LogP contribution in [-0.2, 0) is 54.4 Å². The normalized spacial score (nSPS) is 24.4. The van der Waals surface area contributed by atoms with Gasteiger partial charge in [-0.2, -0.15) is 0 Å². The van der Waals surface area contributed by atoms with Crippen molar-refractivity contribution >= 4 is 59.1 Å². The fourth-order valence-electron chi connectivity index (χ4n) is 7.16. The smallest absolute Gasteiger partial charge is 0.245 e. The van der Waals surface area contributed by atoms with Gasteiger partial charge in [-0.25, -0.2) is 0 Å². The lowest BCUT2D eigenvalue weighted by atomic mass is 10.00. The first kappa shape index (κ1) is 59.8. The first-order chi connectivity index (χ1) is 33.1. The fraction of sp³-hybridized carbons (Fsp3) is 0.636.